The predicted molar refractivity (Wildman–Crippen MR) is 175 cm³/mol. The van der Waals surface area contributed by atoms with Crippen molar-refractivity contribution in [2.24, 2.45) is 0 Å². The number of alkyl halides is 12. The van der Waals surface area contributed by atoms with Gasteiger partial charge in [-0.05, 0) is 70.8 Å². The van der Waals surface area contributed by atoms with Crippen molar-refractivity contribution in [1.82, 2.24) is 0 Å². The molecule has 0 bridgehead atoms. The van der Waals surface area contributed by atoms with Crippen LogP contribution in [0.25, 0.3) is 22.3 Å². The second kappa shape index (κ2) is 16.1. The number of ether oxygens (including phenoxy) is 1. The number of benzene rings is 4. The molecule has 0 aliphatic rings. The second-order valence-electron chi connectivity index (χ2n) is 12.3. The Bertz CT molecular complexity index is 2530. The number of rotatable bonds is 10. The quantitative estimate of drug-likeness (QED) is 0.0496. The van der Waals surface area contributed by atoms with Gasteiger partial charge >= 0.3 is 72.5 Å². The van der Waals surface area contributed by atoms with Gasteiger partial charge in [0.2, 0.25) is 0 Å². The van der Waals surface area contributed by atoms with Crippen LogP contribution in [0, 0.1) is 0 Å². The zero-order chi connectivity index (χ0) is 48.2. The third kappa shape index (κ3) is 9.50. The van der Waals surface area contributed by atoms with Crippen molar-refractivity contribution in [2.75, 3.05) is 0 Å². The molecule has 0 radical (unpaired) electrons. The number of hydrogen-bond acceptors (Lipinski definition) is 9. The smallest absolute Gasteiger partial charge is 0.417 e. The summed E-state index contributed by atoms with van der Waals surface area (Å²) in [5, 5.41) is 56.8. The molecule has 4 aromatic carbocycles. The van der Waals surface area contributed by atoms with Crippen molar-refractivity contribution in [1.29, 1.82) is 0 Å². The first kappa shape index (κ1) is 47.7. The zero-order valence-electron chi connectivity index (χ0n) is 29.5. The first-order valence-corrected chi connectivity index (χ1v) is 15.8. The molecule has 27 heteroatoms. The van der Waals surface area contributed by atoms with E-state index < -0.39 is 186 Å². The molecule has 0 unspecified atom stereocenters. The summed E-state index contributed by atoms with van der Waals surface area (Å²) < 4.78 is 176. The maximum absolute atomic E-state index is 14.4. The van der Waals surface area contributed by atoms with E-state index in [0.717, 1.165) is 0 Å². The zero-order valence-corrected chi connectivity index (χ0v) is 29.5. The summed E-state index contributed by atoms with van der Waals surface area (Å²) in [6.45, 7) is 0. The van der Waals surface area contributed by atoms with Crippen LogP contribution in [0.2, 0.25) is 0 Å². The number of carboxylic acid groups (broad SMARTS) is 6. The highest BCUT2D eigenvalue weighted by atomic mass is 19.4. The molecule has 6 N–H and O–H groups in total. The van der Waals surface area contributed by atoms with E-state index in [-0.39, 0.29) is 24.3 Å². The molecule has 15 nitrogen and oxygen atoms in total. The number of halogens is 12. The van der Waals surface area contributed by atoms with E-state index in [4.69, 9.17) is 0 Å². The van der Waals surface area contributed by atoms with Gasteiger partial charge in [0.25, 0.3) is 0 Å². The van der Waals surface area contributed by atoms with Crippen LogP contribution in [0.15, 0.2) is 48.5 Å². The fourth-order valence-electron chi connectivity index (χ4n) is 5.82. The SMILES string of the molecule is O=C(O)c1cc(-c2cc(C(=O)OC(=O)c3cc(-c4cc(C(=O)O)c(C(=O)O)cc4C(F)(F)F)c(C(F)(F)F)cc3C(=O)O)c(C(=O)O)cc2C(F)(F)F)c(C(F)(F)F)cc1C(=O)O. The minimum Gasteiger partial charge on any atom is -0.478 e. The summed E-state index contributed by atoms with van der Waals surface area (Å²) in [5.74, 6) is -19.7. The molecule has 0 amide bonds. The van der Waals surface area contributed by atoms with Gasteiger partial charge < -0.3 is 35.4 Å². The van der Waals surface area contributed by atoms with Crippen molar-refractivity contribution < 1.29 is 126 Å². The lowest BCUT2D eigenvalue weighted by Crippen LogP contribution is -2.22. The van der Waals surface area contributed by atoms with Crippen LogP contribution in [0.4, 0.5) is 52.7 Å². The van der Waals surface area contributed by atoms with Crippen molar-refractivity contribution in [3.05, 3.63) is 115 Å². The molecule has 4 rings (SSSR count). The third-order valence-corrected chi connectivity index (χ3v) is 8.44. The normalized spacial score (nSPS) is 12.1. The maximum atomic E-state index is 14.4. The van der Waals surface area contributed by atoms with Gasteiger partial charge in [-0.15, -0.1) is 0 Å². The molecule has 0 aliphatic carbocycles. The molecular weight excluding hydrogens is 900 g/mol. The van der Waals surface area contributed by atoms with E-state index in [0.29, 0.717) is 0 Å². The van der Waals surface area contributed by atoms with Gasteiger partial charge in [0.1, 0.15) is 0 Å². The first-order chi connectivity index (χ1) is 28.6. The van der Waals surface area contributed by atoms with E-state index in [2.05, 4.69) is 4.74 Å². The van der Waals surface area contributed by atoms with Crippen LogP contribution < -0.4 is 0 Å². The Labute approximate surface area is 336 Å². The van der Waals surface area contributed by atoms with Crippen molar-refractivity contribution >= 4 is 47.8 Å². The monoisotopic (exact) mass is 914 g/mol. The van der Waals surface area contributed by atoms with Gasteiger partial charge in [0.15, 0.2) is 0 Å². The predicted octanol–water partition coefficient (Wildman–Crippen LogP) is 8.28. The topological polar surface area (TPSA) is 267 Å². The van der Waals surface area contributed by atoms with Crippen LogP contribution in [0.3, 0.4) is 0 Å². The highest BCUT2D eigenvalue weighted by Gasteiger charge is 2.44. The van der Waals surface area contributed by atoms with Crippen LogP contribution in [0.1, 0.15) is 105 Å². The molecule has 0 saturated heterocycles. The average Bonchev–Trinajstić information content (AvgIpc) is 3.13. The summed E-state index contributed by atoms with van der Waals surface area (Å²) in [5.41, 5.74) is -31.3. The highest BCUT2D eigenvalue weighted by molar-refractivity contribution is 6.12. The Morgan fingerprint density at radius 1 is 0.302 bits per heavy atom. The number of carboxylic acids is 6. The molecule has 0 aliphatic heterocycles. The van der Waals surface area contributed by atoms with E-state index in [1.165, 1.54) is 0 Å². The van der Waals surface area contributed by atoms with E-state index >= 15 is 0 Å². The number of aromatic carboxylic acids is 6. The molecule has 332 valence electrons. The van der Waals surface area contributed by atoms with Crippen LogP contribution in [-0.4, -0.2) is 78.4 Å². The molecule has 0 saturated carbocycles. The van der Waals surface area contributed by atoms with Gasteiger partial charge in [0.05, 0.1) is 66.8 Å². The average molecular weight is 914 g/mol. The van der Waals surface area contributed by atoms with E-state index in [1.807, 2.05) is 0 Å². The largest absolute Gasteiger partial charge is 0.478 e. The molecule has 4 aromatic rings. The summed E-state index contributed by atoms with van der Waals surface area (Å²) in [6.07, 6.45) is -23.6. The Hall–Kier alpha value is -8.00. The minimum atomic E-state index is -5.93. The van der Waals surface area contributed by atoms with Crippen molar-refractivity contribution in [2.45, 2.75) is 24.7 Å². The lowest BCUT2D eigenvalue weighted by atomic mass is 9.87. The highest BCUT2D eigenvalue weighted by Crippen LogP contribution is 2.47. The molecule has 0 aromatic heterocycles. The Balaban J connectivity index is 2.10. The lowest BCUT2D eigenvalue weighted by molar-refractivity contribution is -0.139. The van der Waals surface area contributed by atoms with Crippen molar-refractivity contribution in [3.8, 4) is 22.3 Å². The van der Waals surface area contributed by atoms with Crippen LogP contribution in [-0.2, 0) is 29.4 Å². The first-order valence-electron chi connectivity index (χ1n) is 15.8. The van der Waals surface area contributed by atoms with Gasteiger partial charge in [-0.3, -0.25) is 0 Å². The lowest BCUT2D eigenvalue weighted by Gasteiger charge is -2.21. The Morgan fingerprint density at radius 3 is 0.635 bits per heavy atom. The minimum absolute atomic E-state index is 0.267. The van der Waals surface area contributed by atoms with Gasteiger partial charge in [0, 0.05) is 0 Å². The molecule has 63 heavy (non-hydrogen) atoms. The Morgan fingerprint density at radius 2 is 0.460 bits per heavy atom. The number of esters is 2. The summed E-state index contributed by atoms with van der Waals surface area (Å²) in [4.78, 5) is 97.7. The Kier molecular flexibility index (Phi) is 12.2. The van der Waals surface area contributed by atoms with Gasteiger partial charge in [-0.25, -0.2) is 38.4 Å². The number of carbonyl (C=O) groups is 8. The van der Waals surface area contributed by atoms with Crippen LogP contribution in [0.5, 0.6) is 0 Å². The van der Waals surface area contributed by atoms with E-state index in [9.17, 15) is 122 Å². The third-order valence-electron chi connectivity index (χ3n) is 8.44. The van der Waals surface area contributed by atoms with E-state index in [1.54, 1.807) is 0 Å². The number of hydrogen-bond donors (Lipinski definition) is 6. The summed E-state index contributed by atoms with van der Waals surface area (Å²) in [7, 11) is 0. The van der Waals surface area contributed by atoms with Crippen LogP contribution >= 0.6 is 0 Å². The second-order valence-corrected chi connectivity index (χ2v) is 12.3. The van der Waals surface area contributed by atoms with Crippen molar-refractivity contribution in [3.63, 3.8) is 0 Å². The molecule has 0 heterocycles. The molecule has 0 atom stereocenters. The molecule has 0 fully saturated rings. The molecule has 0 spiro atoms. The fraction of sp³-hybridized carbons (Fsp3) is 0.111. The van der Waals surface area contributed by atoms with Gasteiger partial charge in [-0.2, -0.15) is 52.7 Å². The maximum Gasteiger partial charge on any atom is 0.417 e. The summed E-state index contributed by atoms with van der Waals surface area (Å²) in [6, 6.07) is -3.30. The fourth-order valence-corrected chi connectivity index (χ4v) is 5.82. The van der Waals surface area contributed by atoms with Gasteiger partial charge in [-0.1, -0.05) is 0 Å². The molecular formula is C36H14F12O15. The number of carbonyl (C=O) groups excluding carboxylic acids is 2. The standard InChI is InChI=1S/C36H14F12O15/c37-33(38,39)21-5-15(27(53)54)13(25(49)50)1-9(21)11-3-19(17(29(57)58)7-23(11)35(43,44)45)31(61)63-32(62)20-4-12(24(36(46,47)48)8-18(20)30(59)60)10-2-14(26(51)52)16(28(55)56)6-22(10)34(40,41)42/h1-8H,(H,49,50)(H,51,52)(H,53,54)(H,55,56)(H,57,58)(H,59,60). The summed E-state index contributed by atoms with van der Waals surface area (Å²) >= 11 is 0.